The SMILES string of the molecule is COc1ccc(C(=O)N2CCO[C@@H](CN(C)C)[C@@H]2c2cnn(C)c2)cc1Cl. The predicted octanol–water partition coefficient (Wildman–Crippen LogP) is 2.23. The summed E-state index contributed by atoms with van der Waals surface area (Å²) in [6.07, 6.45) is 3.59. The van der Waals surface area contributed by atoms with Crippen LogP contribution in [0.1, 0.15) is 22.0 Å². The Hall–Kier alpha value is -2.09. The molecule has 1 aromatic carbocycles. The lowest BCUT2D eigenvalue weighted by atomic mass is 9.99. The van der Waals surface area contributed by atoms with Crippen molar-refractivity contribution in [3.8, 4) is 5.75 Å². The van der Waals surface area contributed by atoms with Crippen molar-refractivity contribution in [2.24, 2.45) is 7.05 Å². The zero-order valence-corrected chi connectivity index (χ0v) is 16.8. The molecule has 0 N–H and O–H groups in total. The van der Waals surface area contributed by atoms with Crippen molar-refractivity contribution in [3.05, 3.63) is 46.7 Å². The fraction of sp³-hybridized carbons (Fsp3) is 0.474. The summed E-state index contributed by atoms with van der Waals surface area (Å²) in [6, 6.07) is 4.89. The largest absolute Gasteiger partial charge is 0.495 e. The first-order valence-electron chi connectivity index (χ1n) is 8.80. The number of morpholine rings is 1. The molecular formula is C19H25ClN4O3. The molecule has 0 bridgehead atoms. The summed E-state index contributed by atoms with van der Waals surface area (Å²) < 4.78 is 12.9. The van der Waals surface area contributed by atoms with E-state index in [0.717, 1.165) is 5.56 Å². The van der Waals surface area contributed by atoms with Crippen molar-refractivity contribution in [3.63, 3.8) is 0 Å². The summed E-state index contributed by atoms with van der Waals surface area (Å²) in [5, 5.41) is 4.70. The third-order valence-corrected chi connectivity index (χ3v) is 4.92. The van der Waals surface area contributed by atoms with Gasteiger partial charge >= 0.3 is 0 Å². The van der Waals surface area contributed by atoms with E-state index in [1.165, 1.54) is 0 Å². The molecule has 3 rings (SSSR count). The lowest BCUT2D eigenvalue weighted by Crippen LogP contribution is -2.51. The molecule has 0 spiro atoms. The molecule has 2 heterocycles. The van der Waals surface area contributed by atoms with Crippen LogP contribution in [0.5, 0.6) is 5.75 Å². The molecule has 1 saturated heterocycles. The van der Waals surface area contributed by atoms with Crippen molar-refractivity contribution in [2.45, 2.75) is 12.1 Å². The molecule has 2 aromatic rings. The average Bonchev–Trinajstić information content (AvgIpc) is 3.06. The van der Waals surface area contributed by atoms with Gasteiger partial charge in [-0.3, -0.25) is 9.48 Å². The second-order valence-corrected chi connectivity index (χ2v) is 7.32. The second-order valence-electron chi connectivity index (χ2n) is 6.91. The van der Waals surface area contributed by atoms with Crippen LogP contribution in [0, 0.1) is 0 Å². The molecule has 7 nitrogen and oxygen atoms in total. The number of rotatable bonds is 5. The monoisotopic (exact) mass is 392 g/mol. The summed E-state index contributed by atoms with van der Waals surface area (Å²) >= 11 is 6.23. The van der Waals surface area contributed by atoms with Gasteiger partial charge in [-0.15, -0.1) is 0 Å². The zero-order valence-electron chi connectivity index (χ0n) is 16.1. The lowest BCUT2D eigenvalue weighted by molar-refractivity contribution is -0.0684. The topological polar surface area (TPSA) is 59.8 Å². The maximum Gasteiger partial charge on any atom is 0.254 e. The van der Waals surface area contributed by atoms with Gasteiger partial charge in [-0.05, 0) is 32.3 Å². The Morgan fingerprint density at radius 3 is 2.81 bits per heavy atom. The molecule has 1 aromatic heterocycles. The van der Waals surface area contributed by atoms with E-state index in [1.54, 1.807) is 36.2 Å². The molecular weight excluding hydrogens is 368 g/mol. The summed E-state index contributed by atoms with van der Waals surface area (Å²) in [4.78, 5) is 17.2. The van der Waals surface area contributed by atoms with Gasteiger partial charge in [0.25, 0.3) is 5.91 Å². The number of likely N-dealkylation sites (N-methyl/N-ethyl adjacent to an activating group) is 1. The normalized spacial score (nSPS) is 20.1. The first-order valence-corrected chi connectivity index (χ1v) is 9.18. The minimum absolute atomic E-state index is 0.0829. The van der Waals surface area contributed by atoms with Gasteiger partial charge in [-0.2, -0.15) is 5.10 Å². The number of aryl methyl sites for hydroxylation is 1. The number of carbonyl (C=O) groups excluding carboxylic acids is 1. The predicted molar refractivity (Wildman–Crippen MR) is 103 cm³/mol. The fourth-order valence-electron chi connectivity index (χ4n) is 3.43. The molecule has 1 amide bonds. The molecule has 1 fully saturated rings. The number of hydrogen-bond acceptors (Lipinski definition) is 5. The van der Waals surface area contributed by atoms with Crippen molar-refractivity contribution >= 4 is 17.5 Å². The fourth-order valence-corrected chi connectivity index (χ4v) is 3.68. The van der Waals surface area contributed by atoms with E-state index in [4.69, 9.17) is 21.1 Å². The molecule has 8 heteroatoms. The third kappa shape index (κ3) is 4.26. The molecule has 0 unspecified atom stereocenters. The van der Waals surface area contributed by atoms with Crippen molar-refractivity contribution in [1.29, 1.82) is 0 Å². The number of ether oxygens (including phenoxy) is 2. The Morgan fingerprint density at radius 1 is 1.44 bits per heavy atom. The van der Waals surface area contributed by atoms with Crippen LogP contribution in [0.2, 0.25) is 5.02 Å². The van der Waals surface area contributed by atoms with Crippen molar-refractivity contribution in [1.82, 2.24) is 19.6 Å². The zero-order chi connectivity index (χ0) is 19.6. The number of aromatic nitrogens is 2. The highest BCUT2D eigenvalue weighted by Gasteiger charge is 2.37. The molecule has 146 valence electrons. The molecule has 1 aliphatic heterocycles. The Kier molecular flexibility index (Phi) is 6.04. The quantitative estimate of drug-likeness (QED) is 0.780. The van der Waals surface area contributed by atoms with E-state index in [0.29, 0.717) is 36.0 Å². The average molecular weight is 393 g/mol. The molecule has 1 aliphatic rings. The van der Waals surface area contributed by atoms with E-state index in [2.05, 4.69) is 10.00 Å². The molecule has 27 heavy (non-hydrogen) atoms. The van der Waals surface area contributed by atoms with Crippen LogP contribution >= 0.6 is 11.6 Å². The number of amides is 1. The molecule has 0 radical (unpaired) electrons. The van der Waals surface area contributed by atoms with Crippen LogP contribution < -0.4 is 4.74 Å². The van der Waals surface area contributed by atoms with Crippen molar-refractivity contribution in [2.75, 3.05) is 40.9 Å². The molecule has 2 atom stereocenters. The Balaban J connectivity index is 1.95. The smallest absolute Gasteiger partial charge is 0.254 e. The minimum atomic E-state index is -0.219. The number of carbonyl (C=O) groups is 1. The van der Waals surface area contributed by atoms with Gasteiger partial charge in [0, 0.05) is 37.5 Å². The van der Waals surface area contributed by atoms with E-state index in [1.807, 2.05) is 32.2 Å². The third-order valence-electron chi connectivity index (χ3n) is 4.62. The maximum absolute atomic E-state index is 13.3. The van der Waals surface area contributed by atoms with Crippen LogP contribution in [-0.4, -0.2) is 72.5 Å². The number of benzene rings is 1. The molecule has 0 aliphatic carbocycles. The van der Waals surface area contributed by atoms with Gasteiger partial charge in [-0.25, -0.2) is 0 Å². The number of hydrogen-bond donors (Lipinski definition) is 0. The minimum Gasteiger partial charge on any atom is -0.495 e. The van der Waals surface area contributed by atoms with E-state index >= 15 is 0 Å². The van der Waals surface area contributed by atoms with Crippen LogP contribution in [-0.2, 0) is 11.8 Å². The maximum atomic E-state index is 13.3. The first-order chi connectivity index (χ1) is 12.9. The van der Waals surface area contributed by atoms with Crippen molar-refractivity contribution < 1.29 is 14.3 Å². The van der Waals surface area contributed by atoms with Gasteiger partial charge in [0.05, 0.1) is 37.1 Å². The Morgan fingerprint density at radius 2 is 2.22 bits per heavy atom. The van der Waals surface area contributed by atoms with Crippen LogP contribution in [0.4, 0.5) is 0 Å². The second kappa shape index (κ2) is 8.29. The molecule has 0 saturated carbocycles. The van der Waals surface area contributed by atoms with E-state index < -0.39 is 0 Å². The summed E-state index contributed by atoms with van der Waals surface area (Å²) in [6.45, 7) is 1.70. The lowest BCUT2D eigenvalue weighted by Gasteiger charge is -2.41. The van der Waals surface area contributed by atoms with Crippen LogP contribution in [0.25, 0.3) is 0 Å². The van der Waals surface area contributed by atoms with Crippen LogP contribution in [0.3, 0.4) is 0 Å². The van der Waals surface area contributed by atoms with Gasteiger partial charge in [0.15, 0.2) is 0 Å². The van der Waals surface area contributed by atoms with Gasteiger partial charge in [-0.1, -0.05) is 11.6 Å². The van der Waals surface area contributed by atoms with E-state index in [-0.39, 0.29) is 18.1 Å². The van der Waals surface area contributed by atoms with Gasteiger partial charge < -0.3 is 19.3 Å². The Bertz CT molecular complexity index is 808. The first kappa shape index (κ1) is 19.7. The Labute approximate surface area is 164 Å². The highest BCUT2D eigenvalue weighted by molar-refractivity contribution is 6.32. The number of halogens is 1. The number of methoxy groups -OCH3 is 1. The van der Waals surface area contributed by atoms with Crippen LogP contribution in [0.15, 0.2) is 30.6 Å². The summed E-state index contributed by atoms with van der Waals surface area (Å²) in [5.74, 6) is 0.463. The summed E-state index contributed by atoms with van der Waals surface area (Å²) in [5.41, 5.74) is 1.48. The van der Waals surface area contributed by atoms with E-state index in [9.17, 15) is 4.79 Å². The van der Waals surface area contributed by atoms with Gasteiger partial charge in [0.2, 0.25) is 0 Å². The summed E-state index contributed by atoms with van der Waals surface area (Å²) in [7, 11) is 7.40. The number of nitrogens with zero attached hydrogens (tertiary/aromatic N) is 4. The highest BCUT2D eigenvalue weighted by atomic mass is 35.5. The highest BCUT2D eigenvalue weighted by Crippen LogP contribution is 2.32. The standard InChI is InChI=1S/C19H25ClN4O3/c1-22(2)12-17-18(14-10-21-23(3)11-14)24(7-8-27-17)19(25)13-5-6-16(26-4)15(20)9-13/h5-6,9-11,17-18H,7-8,12H2,1-4H3/t17-,18-/m0/s1. The van der Waals surface area contributed by atoms with Gasteiger partial charge in [0.1, 0.15) is 5.75 Å².